The second-order valence-electron chi connectivity index (χ2n) is 9.05. The summed E-state index contributed by atoms with van der Waals surface area (Å²) in [5.41, 5.74) is 0.882. The number of nitrogens with one attached hydrogen (secondary N) is 1. The van der Waals surface area contributed by atoms with Gasteiger partial charge in [-0.3, -0.25) is 9.78 Å². The number of rotatable bonds is 7. The van der Waals surface area contributed by atoms with Crippen molar-refractivity contribution >= 4 is 23.0 Å². The molecule has 0 aliphatic heterocycles. The van der Waals surface area contributed by atoms with Crippen molar-refractivity contribution in [3.63, 3.8) is 0 Å². The van der Waals surface area contributed by atoms with Gasteiger partial charge in [0.15, 0.2) is 5.82 Å². The van der Waals surface area contributed by atoms with E-state index in [1.54, 1.807) is 46.3 Å². The van der Waals surface area contributed by atoms with Crippen LogP contribution >= 0.6 is 0 Å². The molecule has 1 N–H and O–H groups in total. The predicted octanol–water partition coefficient (Wildman–Crippen LogP) is 3.09. The van der Waals surface area contributed by atoms with Gasteiger partial charge < -0.3 is 19.4 Å². The highest BCUT2D eigenvalue weighted by Crippen LogP contribution is 2.28. The van der Waals surface area contributed by atoms with Crippen molar-refractivity contribution < 1.29 is 18.7 Å². The number of furan rings is 1. The van der Waals surface area contributed by atoms with E-state index >= 15 is 0 Å². The van der Waals surface area contributed by atoms with Gasteiger partial charge in [0.1, 0.15) is 29.5 Å². The standard InChI is InChI=1S/C24H27N7O4/c1-24(2,3)35-23(33)30(4)14-20-27-29-31(28-20)15-21(32)26-22(17-9-7-11-25-13-17)19-12-16-8-5-6-10-18(16)34-19/h5-13,22H,14-15H2,1-4H3,(H,26,32). The Morgan fingerprint density at radius 1 is 1.20 bits per heavy atom. The van der Waals surface area contributed by atoms with E-state index in [0.717, 1.165) is 16.5 Å². The van der Waals surface area contributed by atoms with Crippen molar-refractivity contribution in [2.24, 2.45) is 0 Å². The molecule has 0 radical (unpaired) electrons. The van der Waals surface area contributed by atoms with Crippen LogP contribution in [-0.4, -0.2) is 54.7 Å². The summed E-state index contributed by atoms with van der Waals surface area (Å²) in [5.74, 6) is 0.523. The number of benzene rings is 1. The molecule has 0 fully saturated rings. The maximum Gasteiger partial charge on any atom is 0.410 e. The van der Waals surface area contributed by atoms with Crippen LogP contribution in [0.15, 0.2) is 59.3 Å². The molecule has 35 heavy (non-hydrogen) atoms. The molecule has 1 aromatic carbocycles. The van der Waals surface area contributed by atoms with Gasteiger partial charge in [-0.25, -0.2) is 4.79 Å². The van der Waals surface area contributed by atoms with Crippen LogP contribution in [0, 0.1) is 0 Å². The van der Waals surface area contributed by atoms with E-state index in [1.165, 1.54) is 9.70 Å². The van der Waals surface area contributed by atoms with Crippen molar-refractivity contribution in [2.75, 3.05) is 7.05 Å². The lowest BCUT2D eigenvalue weighted by Gasteiger charge is -2.23. The number of para-hydroxylation sites is 1. The highest BCUT2D eigenvalue weighted by Gasteiger charge is 2.23. The molecule has 2 amide bonds. The molecule has 3 aromatic heterocycles. The average molecular weight is 478 g/mol. The number of ether oxygens (including phenoxy) is 1. The van der Waals surface area contributed by atoms with Crippen LogP contribution in [0.3, 0.4) is 0 Å². The first-order valence-corrected chi connectivity index (χ1v) is 11.1. The van der Waals surface area contributed by atoms with Crippen LogP contribution in [0.1, 0.15) is 44.0 Å². The monoisotopic (exact) mass is 477 g/mol. The van der Waals surface area contributed by atoms with Gasteiger partial charge in [0.25, 0.3) is 0 Å². The summed E-state index contributed by atoms with van der Waals surface area (Å²) < 4.78 is 11.3. The third-order valence-electron chi connectivity index (χ3n) is 4.92. The molecule has 0 spiro atoms. The first-order chi connectivity index (χ1) is 16.7. The van der Waals surface area contributed by atoms with Crippen molar-refractivity contribution in [2.45, 2.75) is 45.5 Å². The van der Waals surface area contributed by atoms with E-state index in [1.807, 2.05) is 36.4 Å². The van der Waals surface area contributed by atoms with E-state index in [4.69, 9.17) is 9.15 Å². The van der Waals surface area contributed by atoms with E-state index < -0.39 is 17.7 Å². The number of amides is 2. The Hall–Kier alpha value is -4.28. The minimum Gasteiger partial charge on any atom is -0.459 e. The average Bonchev–Trinajstić information content (AvgIpc) is 3.43. The van der Waals surface area contributed by atoms with Crippen LogP contribution in [0.2, 0.25) is 0 Å². The first kappa shape index (κ1) is 23.9. The SMILES string of the molecule is CN(Cc1nnn(CC(=O)NC(c2cccnc2)c2cc3ccccc3o2)n1)C(=O)OC(C)(C)C. The number of carbonyl (C=O) groups is 2. The summed E-state index contributed by atoms with van der Waals surface area (Å²) >= 11 is 0. The summed E-state index contributed by atoms with van der Waals surface area (Å²) in [6, 6.07) is 12.6. The minimum atomic E-state index is -0.612. The maximum absolute atomic E-state index is 12.9. The third-order valence-corrected chi connectivity index (χ3v) is 4.92. The Kier molecular flexibility index (Phi) is 6.76. The van der Waals surface area contributed by atoms with Crippen molar-refractivity contribution in [3.05, 3.63) is 72.0 Å². The first-order valence-electron chi connectivity index (χ1n) is 11.1. The fraction of sp³-hybridized carbons (Fsp3) is 0.333. The molecular formula is C24H27N7O4. The Balaban J connectivity index is 1.44. The van der Waals surface area contributed by atoms with E-state index in [-0.39, 0.29) is 24.8 Å². The highest BCUT2D eigenvalue weighted by molar-refractivity contribution is 5.79. The predicted molar refractivity (Wildman–Crippen MR) is 126 cm³/mol. The zero-order chi connectivity index (χ0) is 25.0. The second-order valence-corrected chi connectivity index (χ2v) is 9.05. The zero-order valence-corrected chi connectivity index (χ0v) is 20.0. The van der Waals surface area contributed by atoms with Crippen molar-refractivity contribution in [1.82, 2.24) is 35.4 Å². The number of pyridine rings is 1. The third kappa shape index (κ3) is 6.19. The minimum absolute atomic E-state index is 0.0911. The molecule has 0 saturated heterocycles. The zero-order valence-electron chi connectivity index (χ0n) is 20.0. The summed E-state index contributed by atoms with van der Waals surface area (Å²) in [6.45, 7) is 5.29. The molecule has 182 valence electrons. The fourth-order valence-electron chi connectivity index (χ4n) is 3.37. The summed E-state index contributed by atoms with van der Waals surface area (Å²) in [4.78, 5) is 31.7. The van der Waals surface area contributed by atoms with Crippen molar-refractivity contribution in [3.8, 4) is 0 Å². The van der Waals surface area contributed by atoms with E-state index in [0.29, 0.717) is 5.76 Å². The molecule has 1 unspecified atom stereocenters. The Morgan fingerprint density at radius 2 is 2.00 bits per heavy atom. The number of hydrogen-bond donors (Lipinski definition) is 1. The van der Waals surface area contributed by atoms with Gasteiger partial charge in [0.2, 0.25) is 5.91 Å². The molecule has 0 aliphatic carbocycles. The number of hydrogen-bond acceptors (Lipinski definition) is 8. The molecule has 0 saturated carbocycles. The molecule has 4 aromatic rings. The van der Waals surface area contributed by atoms with Gasteiger partial charge in [-0.1, -0.05) is 24.3 Å². The molecular weight excluding hydrogens is 450 g/mol. The smallest absolute Gasteiger partial charge is 0.410 e. The van der Waals surface area contributed by atoms with Crippen LogP contribution < -0.4 is 5.32 Å². The van der Waals surface area contributed by atoms with Crippen LogP contribution in [0.5, 0.6) is 0 Å². The second kappa shape index (κ2) is 9.92. The lowest BCUT2D eigenvalue weighted by atomic mass is 10.1. The molecule has 4 rings (SSSR count). The Labute approximate surface area is 202 Å². The molecule has 1 atom stereocenters. The number of carbonyl (C=O) groups excluding carboxylic acids is 2. The van der Waals surface area contributed by atoms with Gasteiger partial charge in [0.05, 0.1) is 6.54 Å². The molecule has 0 bridgehead atoms. The number of tetrazole rings is 1. The topological polar surface area (TPSA) is 128 Å². The number of fused-ring (bicyclic) bond motifs is 1. The van der Waals surface area contributed by atoms with Gasteiger partial charge in [-0.15, -0.1) is 10.2 Å². The largest absolute Gasteiger partial charge is 0.459 e. The summed E-state index contributed by atoms with van der Waals surface area (Å²) in [7, 11) is 1.58. The fourth-order valence-corrected chi connectivity index (χ4v) is 3.37. The Bertz CT molecular complexity index is 1280. The van der Waals surface area contributed by atoms with Crippen LogP contribution in [-0.2, 0) is 22.6 Å². The lowest BCUT2D eigenvalue weighted by Crippen LogP contribution is -2.34. The van der Waals surface area contributed by atoms with Crippen LogP contribution in [0.25, 0.3) is 11.0 Å². The normalized spacial score (nSPS) is 12.3. The van der Waals surface area contributed by atoms with Gasteiger partial charge in [-0.05, 0) is 44.2 Å². The van der Waals surface area contributed by atoms with E-state index in [9.17, 15) is 9.59 Å². The molecule has 11 heteroatoms. The Morgan fingerprint density at radius 3 is 2.71 bits per heavy atom. The summed E-state index contributed by atoms with van der Waals surface area (Å²) in [6.07, 6.45) is 2.84. The van der Waals surface area contributed by atoms with Gasteiger partial charge >= 0.3 is 6.09 Å². The quantitative estimate of drug-likeness (QED) is 0.430. The highest BCUT2D eigenvalue weighted by atomic mass is 16.6. The lowest BCUT2D eigenvalue weighted by molar-refractivity contribution is -0.122. The summed E-state index contributed by atoms with van der Waals surface area (Å²) in [5, 5.41) is 16.0. The molecule has 11 nitrogen and oxygen atoms in total. The van der Waals surface area contributed by atoms with Crippen LogP contribution in [0.4, 0.5) is 4.79 Å². The number of aromatic nitrogens is 5. The maximum atomic E-state index is 12.9. The van der Waals surface area contributed by atoms with Gasteiger partial charge in [-0.2, -0.15) is 4.80 Å². The van der Waals surface area contributed by atoms with Gasteiger partial charge in [0, 0.05) is 30.4 Å². The molecule has 3 heterocycles. The number of nitrogens with zero attached hydrogens (tertiary/aromatic N) is 6. The molecule has 0 aliphatic rings. The van der Waals surface area contributed by atoms with Crippen molar-refractivity contribution in [1.29, 1.82) is 0 Å². The van der Waals surface area contributed by atoms with E-state index in [2.05, 4.69) is 25.7 Å².